The monoisotopic (exact) mass is 870 g/mol. The molecule has 0 radical (unpaired) electrons. The molecule has 1 atom stereocenters. The molecule has 3 aliphatic carbocycles. The molecular weight excluding hydrogens is 826 g/mol. The molecule has 0 heterocycles. The van der Waals surface area contributed by atoms with E-state index in [2.05, 4.69) is 39.7 Å². The first-order valence-corrected chi connectivity index (χ1v) is 21.2. The molecule has 0 saturated heterocycles. The molecule has 0 amide bonds. The number of fused-ring (bicyclic) bond motifs is 9. The predicted molar refractivity (Wildman–Crippen MR) is 246 cm³/mol. The van der Waals surface area contributed by atoms with Crippen molar-refractivity contribution >= 4 is 17.9 Å². The van der Waals surface area contributed by atoms with E-state index in [9.17, 15) is 14.4 Å². The number of aryl methyl sites for hydroxylation is 1. The Bertz CT molecular complexity index is 3040. The highest BCUT2D eigenvalue weighted by Gasteiger charge is 2.58. The maximum absolute atomic E-state index is 15.9. The van der Waals surface area contributed by atoms with E-state index in [-0.39, 0.29) is 30.9 Å². The molecule has 0 spiro atoms. The summed E-state index contributed by atoms with van der Waals surface area (Å²) in [7, 11) is 0. The second-order valence-corrected chi connectivity index (χ2v) is 17.7. The lowest BCUT2D eigenvalue weighted by molar-refractivity contribution is -0.172. The van der Waals surface area contributed by atoms with Crippen LogP contribution in [0.15, 0.2) is 147 Å². The summed E-state index contributed by atoms with van der Waals surface area (Å²) >= 11 is 0. The van der Waals surface area contributed by atoms with Gasteiger partial charge in [0.1, 0.15) is 25.2 Å². The molecule has 65 heavy (non-hydrogen) atoms. The molecule has 9 rings (SSSR count). The van der Waals surface area contributed by atoms with Crippen molar-refractivity contribution < 1.29 is 41.8 Å². The topological polar surface area (TPSA) is 78.9 Å². The fraction of sp³-hybridized carbons (Fsp3) is 0.196. The number of benzene rings is 6. The summed E-state index contributed by atoms with van der Waals surface area (Å²) < 4.78 is 64.2. The van der Waals surface area contributed by atoms with Gasteiger partial charge in [-0.1, -0.05) is 124 Å². The highest BCUT2D eigenvalue weighted by atomic mass is 19.4. The van der Waals surface area contributed by atoms with E-state index >= 15 is 13.2 Å². The fourth-order valence-corrected chi connectivity index (χ4v) is 10.1. The molecule has 6 nitrogen and oxygen atoms in total. The Morgan fingerprint density at radius 2 is 0.877 bits per heavy atom. The Morgan fingerprint density at radius 3 is 1.35 bits per heavy atom. The molecule has 0 N–H and O–H groups in total. The van der Waals surface area contributed by atoms with Gasteiger partial charge in [0, 0.05) is 23.6 Å². The zero-order valence-corrected chi connectivity index (χ0v) is 36.5. The van der Waals surface area contributed by atoms with E-state index in [0.717, 1.165) is 73.9 Å². The van der Waals surface area contributed by atoms with E-state index in [1.807, 2.05) is 85.8 Å². The Labute approximate surface area is 375 Å². The molecule has 6 aromatic rings. The summed E-state index contributed by atoms with van der Waals surface area (Å²) in [6, 6.07) is 34.3. The van der Waals surface area contributed by atoms with E-state index in [1.165, 1.54) is 6.92 Å². The minimum atomic E-state index is -4.67. The van der Waals surface area contributed by atoms with Crippen LogP contribution in [0.3, 0.4) is 0 Å². The van der Waals surface area contributed by atoms with Gasteiger partial charge in [0.25, 0.3) is 0 Å². The number of rotatable bonds is 11. The molecule has 0 bridgehead atoms. The van der Waals surface area contributed by atoms with Gasteiger partial charge in [-0.2, -0.15) is 13.2 Å². The van der Waals surface area contributed by atoms with Gasteiger partial charge < -0.3 is 14.2 Å². The first-order chi connectivity index (χ1) is 30.9. The van der Waals surface area contributed by atoms with Gasteiger partial charge in [-0.3, -0.25) is 0 Å². The number of esters is 3. The molecule has 0 aromatic heterocycles. The van der Waals surface area contributed by atoms with Gasteiger partial charge in [-0.15, -0.1) is 0 Å². The van der Waals surface area contributed by atoms with Crippen molar-refractivity contribution in [3.8, 4) is 55.6 Å². The highest BCUT2D eigenvalue weighted by Crippen LogP contribution is 2.59. The van der Waals surface area contributed by atoms with Gasteiger partial charge in [0.15, 0.2) is 0 Å². The lowest BCUT2D eigenvalue weighted by atomic mass is 9.77. The maximum Gasteiger partial charge on any atom is 0.402 e. The molecule has 6 aromatic carbocycles. The quantitative estimate of drug-likeness (QED) is 0.0733. The van der Waals surface area contributed by atoms with E-state index in [4.69, 9.17) is 14.2 Å². The first kappa shape index (κ1) is 43.0. The number of carbonyl (C=O) groups excluding carboxylic acids is 3. The summed E-state index contributed by atoms with van der Waals surface area (Å²) in [5.41, 5.74) is 9.22. The summed E-state index contributed by atoms with van der Waals surface area (Å²) in [6.45, 7) is 17.7. The largest absolute Gasteiger partial charge is 0.461 e. The van der Waals surface area contributed by atoms with Crippen molar-refractivity contribution in [2.45, 2.75) is 56.7 Å². The summed E-state index contributed by atoms with van der Waals surface area (Å²) in [5.74, 6) is -1.81. The molecule has 326 valence electrons. The van der Waals surface area contributed by atoms with Crippen LogP contribution in [0.4, 0.5) is 13.2 Å². The van der Waals surface area contributed by atoms with E-state index < -0.39 is 40.3 Å². The fourth-order valence-electron chi connectivity index (χ4n) is 10.1. The number of hydrogen-bond donors (Lipinski definition) is 0. The third-order valence-corrected chi connectivity index (χ3v) is 13.7. The van der Waals surface area contributed by atoms with Crippen molar-refractivity contribution in [2.75, 3.05) is 13.2 Å². The third kappa shape index (κ3) is 6.75. The van der Waals surface area contributed by atoms with E-state index in [0.29, 0.717) is 33.4 Å². The number of ether oxygens (including phenoxy) is 3. The molecule has 3 aliphatic rings. The molecule has 1 unspecified atom stereocenters. The van der Waals surface area contributed by atoms with Crippen LogP contribution >= 0.6 is 0 Å². The van der Waals surface area contributed by atoms with Crippen LogP contribution in [0.1, 0.15) is 65.3 Å². The SMILES string of the molecule is C=CC(=O)OCc1ccc2c(c1)C(C)(C)c1cc(-c3ccc4c(c3)C(C)(C(F)(F)F)c3cc(-c5ccc6c(c5)C(COC(=O)C=C)(COC(=O)C=C)c5cc(C)ccc5-6)ccc3-4)ccc1-2. The van der Waals surface area contributed by atoms with E-state index in [1.54, 1.807) is 24.3 Å². The summed E-state index contributed by atoms with van der Waals surface area (Å²) in [5, 5.41) is 0. The lowest BCUT2D eigenvalue weighted by Gasteiger charge is -2.31. The maximum atomic E-state index is 15.9. The summed E-state index contributed by atoms with van der Waals surface area (Å²) in [4.78, 5) is 36.8. The van der Waals surface area contributed by atoms with Crippen molar-refractivity contribution in [3.63, 3.8) is 0 Å². The van der Waals surface area contributed by atoms with Crippen molar-refractivity contribution in [3.05, 3.63) is 192 Å². The third-order valence-electron chi connectivity index (χ3n) is 13.7. The molecule has 0 saturated carbocycles. The van der Waals surface area contributed by atoms with Gasteiger partial charge in [0.05, 0.1) is 5.41 Å². The average Bonchev–Trinajstić information content (AvgIpc) is 3.82. The van der Waals surface area contributed by atoms with Crippen molar-refractivity contribution in [1.82, 2.24) is 0 Å². The second-order valence-electron chi connectivity index (χ2n) is 17.7. The summed E-state index contributed by atoms with van der Waals surface area (Å²) in [6.07, 6.45) is -1.41. The Hall–Kier alpha value is -7.26. The molecule has 9 heteroatoms. The standard InChI is InChI=1S/C56H45F3O6/c1-8-50(60)63-29-33-12-18-38-39-19-13-34(25-45(39)53(5,6)44(38)24-33)35-14-20-40-41-21-15-36(27-47(41)54(7,46(40)26-35)56(57,58)59)37-16-22-43-42-17-11-32(4)23-48(42)55(49(43)28-37,30-64-51(61)9-2)31-65-52(62)10-3/h8-28H,1-3,29-31H2,4-7H3. The molecular formula is C56H45F3O6. The predicted octanol–water partition coefficient (Wildman–Crippen LogP) is 12.4. The minimum absolute atomic E-state index is 0.111. The van der Waals surface area contributed by atoms with Crippen LogP contribution in [0.25, 0.3) is 55.6 Å². The van der Waals surface area contributed by atoms with Gasteiger partial charge in [0.2, 0.25) is 0 Å². The second kappa shape index (κ2) is 15.5. The highest BCUT2D eigenvalue weighted by molar-refractivity contribution is 5.90. The Kier molecular flexibility index (Phi) is 10.2. The number of halogens is 3. The first-order valence-electron chi connectivity index (χ1n) is 21.2. The van der Waals surface area contributed by atoms with Crippen LogP contribution in [-0.4, -0.2) is 37.3 Å². The number of hydrogen-bond acceptors (Lipinski definition) is 6. The van der Waals surface area contributed by atoms with Gasteiger partial charge in [-0.05, 0) is 133 Å². The Morgan fingerprint density at radius 1 is 0.508 bits per heavy atom. The number of carbonyl (C=O) groups is 3. The molecule has 0 fully saturated rings. The number of alkyl halides is 3. The zero-order valence-electron chi connectivity index (χ0n) is 36.5. The zero-order chi connectivity index (χ0) is 46.2. The molecule has 0 aliphatic heterocycles. The normalized spacial score (nSPS) is 16.5. The van der Waals surface area contributed by atoms with Crippen molar-refractivity contribution in [2.24, 2.45) is 0 Å². The lowest BCUT2D eigenvalue weighted by Crippen LogP contribution is -2.38. The van der Waals surface area contributed by atoms with Crippen LogP contribution in [0.5, 0.6) is 0 Å². The van der Waals surface area contributed by atoms with Gasteiger partial charge >= 0.3 is 24.1 Å². The van der Waals surface area contributed by atoms with Crippen molar-refractivity contribution in [1.29, 1.82) is 0 Å². The van der Waals surface area contributed by atoms with Gasteiger partial charge in [-0.25, -0.2) is 14.4 Å². The van der Waals surface area contributed by atoms with Crippen LogP contribution in [-0.2, 0) is 51.4 Å². The van der Waals surface area contributed by atoms with Crippen LogP contribution in [0, 0.1) is 6.92 Å². The Balaban J connectivity index is 1.10. The van der Waals surface area contributed by atoms with Crippen LogP contribution in [0.2, 0.25) is 0 Å². The minimum Gasteiger partial charge on any atom is -0.461 e. The smallest absolute Gasteiger partial charge is 0.402 e. The van der Waals surface area contributed by atoms with Crippen LogP contribution < -0.4 is 0 Å². The average molecular weight is 871 g/mol.